The summed E-state index contributed by atoms with van der Waals surface area (Å²) in [6.07, 6.45) is -1.79. The number of carboxylic acid groups (broad SMARTS) is 1. The molecule has 2 aromatic carbocycles. The van der Waals surface area contributed by atoms with Gasteiger partial charge in [-0.1, -0.05) is 12.8 Å². The summed E-state index contributed by atoms with van der Waals surface area (Å²) in [5, 5.41) is 12.6. The Morgan fingerprint density at radius 3 is 2.29 bits per heavy atom. The number of hydrogen-bond donors (Lipinski definition) is 0. The molecule has 1 fully saturated rings. The molecule has 0 aliphatic heterocycles. The molecule has 0 radical (unpaired) electrons. The Hall–Kier alpha value is -3.56. The number of hydrogen-bond acceptors (Lipinski definition) is 5. The van der Waals surface area contributed by atoms with Gasteiger partial charge in [0.2, 0.25) is 0 Å². The van der Waals surface area contributed by atoms with E-state index in [0.29, 0.717) is 23.8 Å². The zero-order chi connectivity index (χ0) is 25.5. The lowest BCUT2D eigenvalue weighted by molar-refractivity contribution is -0.309. The minimum Gasteiger partial charge on any atom is -0.549 e. The van der Waals surface area contributed by atoms with Crippen molar-refractivity contribution in [2.75, 3.05) is 7.11 Å². The minimum absolute atomic E-state index is 0.00756. The van der Waals surface area contributed by atoms with E-state index in [9.17, 15) is 32.3 Å². The molecule has 1 aliphatic rings. The number of carbonyl (C=O) groups excluding carboxylic acids is 2. The van der Waals surface area contributed by atoms with E-state index >= 15 is 0 Å². The maximum absolute atomic E-state index is 14.7. The lowest BCUT2D eigenvalue weighted by atomic mass is 9.83. The fourth-order valence-electron chi connectivity index (χ4n) is 5.02. The van der Waals surface area contributed by atoms with Crippen LogP contribution in [0.4, 0.5) is 17.6 Å². The van der Waals surface area contributed by atoms with E-state index in [4.69, 9.17) is 4.74 Å². The zero-order valence-electron chi connectivity index (χ0n) is 18.9. The molecule has 1 aromatic heterocycles. The van der Waals surface area contributed by atoms with Crippen LogP contribution in [-0.4, -0.2) is 29.9 Å². The van der Waals surface area contributed by atoms with Gasteiger partial charge in [0.25, 0.3) is 5.91 Å². The van der Waals surface area contributed by atoms with Crippen LogP contribution < -0.4 is 14.6 Å². The van der Waals surface area contributed by atoms with Crippen molar-refractivity contribution in [3.8, 4) is 11.5 Å². The SMILES string of the molecule is COc1cc2c(C(C(=O)[O-])C3CCCC3)c(C)n(C(=O)c3ccc(OC(F)(F)F)cc3)c2cc1F. The van der Waals surface area contributed by atoms with Crippen molar-refractivity contribution in [3.05, 3.63) is 59.0 Å². The Labute approximate surface area is 198 Å². The molecule has 1 heterocycles. The van der Waals surface area contributed by atoms with E-state index in [1.165, 1.54) is 17.7 Å². The number of halogens is 4. The number of aromatic nitrogens is 1. The third-order valence-corrected chi connectivity index (χ3v) is 6.50. The molecule has 0 bridgehead atoms. The summed E-state index contributed by atoms with van der Waals surface area (Å²) in [5.41, 5.74) is 0.763. The molecular formula is C25H22F4NO5-. The summed E-state index contributed by atoms with van der Waals surface area (Å²) in [5.74, 6) is -4.54. The van der Waals surface area contributed by atoms with Crippen LogP contribution in [0.3, 0.4) is 0 Å². The van der Waals surface area contributed by atoms with Crippen molar-refractivity contribution < 1.29 is 41.7 Å². The molecule has 0 amide bonds. The molecule has 0 N–H and O–H groups in total. The van der Waals surface area contributed by atoms with E-state index in [-0.39, 0.29) is 28.4 Å². The van der Waals surface area contributed by atoms with Crippen molar-refractivity contribution in [1.29, 1.82) is 0 Å². The minimum atomic E-state index is -4.88. The normalized spacial score (nSPS) is 15.4. The molecule has 35 heavy (non-hydrogen) atoms. The van der Waals surface area contributed by atoms with Crippen molar-refractivity contribution >= 4 is 22.8 Å². The van der Waals surface area contributed by atoms with Gasteiger partial charge in [-0.3, -0.25) is 9.36 Å². The van der Waals surface area contributed by atoms with E-state index in [0.717, 1.165) is 43.2 Å². The van der Waals surface area contributed by atoms with E-state index in [1.807, 2.05) is 0 Å². The van der Waals surface area contributed by atoms with Gasteiger partial charge >= 0.3 is 6.36 Å². The number of fused-ring (bicyclic) bond motifs is 1. The molecule has 1 atom stereocenters. The summed E-state index contributed by atoms with van der Waals surface area (Å²) in [6, 6.07) is 6.75. The molecule has 1 unspecified atom stereocenters. The highest BCUT2D eigenvalue weighted by atomic mass is 19.4. The fraction of sp³-hybridized carbons (Fsp3) is 0.360. The molecular weight excluding hydrogens is 470 g/mol. The van der Waals surface area contributed by atoms with Gasteiger partial charge in [0.05, 0.1) is 12.6 Å². The van der Waals surface area contributed by atoms with Crippen LogP contribution in [0.5, 0.6) is 11.5 Å². The van der Waals surface area contributed by atoms with Gasteiger partial charge in [-0.25, -0.2) is 4.39 Å². The van der Waals surface area contributed by atoms with Gasteiger partial charge < -0.3 is 19.4 Å². The van der Waals surface area contributed by atoms with E-state index < -0.39 is 35.7 Å². The quantitative estimate of drug-likeness (QED) is 0.466. The Bertz CT molecular complexity index is 1270. The van der Waals surface area contributed by atoms with Crippen molar-refractivity contribution in [3.63, 3.8) is 0 Å². The number of carboxylic acids is 1. The van der Waals surface area contributed by atoms with Crippen molar-refractivity contribution in [2.24, 2.45) is 5.92 Å². The zero-order valence-corrected chi connectivity index (χ0v) is 18.9. The van der Waals surface area contributed by atoms with Crippen LogP contribution >= 0.6 is 0 Å². The fourth-order valence-corrected chi connectivity index (χ4v) is 5.02. The average molecular weight is 492 g/mol. The Morgan fingerprint density at radius 1 is 1.11 bits per heavy atom. The van der Waals surface area contributed by atoms with Crippen LogP contribution in [0.2, 0.25) is 0 Å². The monoisotopic (exact) mass is 492 g/mol. The van der Waals surface area contributed by atoms with Crippen LogP contribution in [0.15, 0.2) is 36.4 Å². The summed E-state index contributed by atoms with van der Waals surface area (Å²) in [4.78, 5) is 25.7. The Balaban J connectivity index is 1.88. The van der Waals surface area contributed by atoms with Gasteiger partial charge in [0, 0.05) is 34.6 Å². The molecule has 1 aliphatic carbocycles. The maximum Gasteiger partial charge on any atom is 0.573 e. The number of rotatable bonds is 6. The molecule has 3 aromatic rings. The molecule has 1 saturated carbocycles. The predicted octanol–water partition coefficient (Wildman–Crippen LogP) is 4.71. The second kappa shape index (κ2) is 9.24. The van der Waals surface area contributed by atoms with Crippen LogP contribution in [-0.2, 0) is 4.79 Å². The van der Waals surface area contributed by atoms with Gasteiger partial charge in [0.1, 0.15) is 5.75 Å². The van der Waals surface area contributed by atoms with Gasteiger partial charge in [0.15, 0.2) is 11.6 Å². The maximum atomic E-state index is 14.7. The number of ether oxygens (including phenoxy) is 2. The predicted molar refractivity (Wildman–Crippen MR) is 116 cm³/mol. The highest BCUT2D eigenvalue weighted by Gasteiger charge is 2.34. The van der Waals surface area contributed by atoms with Gasteiger partial charge in [-0.15, -0.1) is 13.2 Å². The number of alkyl halides is 3. The van der Waals surface area contributed by atoms with Crippen molar-refractivity contribution in [1.82, 2.24) is 4.57 Å². The standard InChI is InChI=1S/C25H23F4NO5/c1-13-21(22(24(32)33)14-5-3-4-6-14)17-11-20(34-2)18(26)12-19(17)30(13)23(31)15-7-9-16(10-8-15)35-25(27,28)29/h7-12,14,22H,3-6H2,1-2H3,(H,32,33)/p-1. The number of carbonyl (C=O) groups is 2. The highest BCUT2D eigenvalue weighted by molar-refractivity contribution is 6.05. The van der Waals surface area contributed by atoms with Crippen LogP contribution in [0.25, 0.3) is 10.9 Å². The third-order valence-electron chi connectivity index (χ3n) is 6.50. The third kappa shape index (κ3) is 4.69. The molecule has 4 rings (SSSR count). The summed E-state index contributed by atoms with van der Waals surface area (Å²) >= 11 is 0. The molecule has 0 saturated heterocycles. The van der Waals surface area contributed by atoms with Crippen LogP contribution in [0.1, 0.15) is 53.2 Å². The molecule has 0 spiro atoms. The summed E-state index contributed by atoms with van der Waals surface area (Å²) in [7, 11) is 1.27. The van der Waals surface area contributed by atoms with Crippen molar-refractivity contribution in [2.45, 2.75) is 44.9 Å². The number of methoxy groups -OCH3 is 1. The summed E-state index contributed by atoms with van der Waals surface area (Å²) < 4.78 is 62.2. The molecule has 10 heteroatoms. The van der Waals surface area contributed by atoms with Gasteiger partial charge in [-0.05, 0) is 61.6 Å². The highest BCUT2D eigenvalue weighted by Crippen LogP contribution is 2.43. The lowest BCUT2D eigenvalue weighted by Gasteiger charge is -2.25. The first-order chi connectivity index (χ1) is 16.5. The Morgan fingerprint density at radius 2 is 1.74 bits per heavy atom. The second-order valence-corrected chi connectivity index (χ2v) is 8.56. The number of aliphatic carboxylic acids is 1. The van der Waals surface area contributed by atoms with Crippen LogP contribution in [0, 0.1) is 18.7 Å². The molecule has 6 nitrogen and oxygen atoms in total. The van der Waals surface area contributed by atoms with E-state index in [2.05, 4.69) is 4.74 Å². The topological polar surface area (TPSA) is 80.6 Å². The second-order valence-electron chi connectivity index (χ2n) is 8.56. The number of nitrogens with zero attached hydrogens (tertiary/aromatic N) is 1. The lowest BCUT2D eigenvalue weighted by Crippen LogP contribution is -2.34. The summed E-state index contributed by atoms with van der Waals surface area (Å²) in [6.45, 7) is 1.56. The molecule has 186 valence electrons. The first-order valence-electron chi connectivity index (χ1n) is 11.0. The largest absolute Gasteiger partial charge is 0.573 e. The smallest absolute Gasteiger partial charge is 0.549 e. The van der Waals surface area contributed by atoms with Gasteiger partial charge in [-0.2, -0.15) is 0 Å². The Kier molecular flexibility index (Phi) is 6.48. The first-order valence-corrected chi connectivity index (χ1v) is 11.0. The first kappa shape index (κ1) is 24.6. The van der Waals surface area contributed by atoms with E-state index in [1.54, 1.807) is 6.92 Å². The number of benzene rings is 2. The average Bonchev–Trinajstić information content (AvgIpc) is 3.39.